The molecule has 1 saturated heterocycles. The zero-order valence-electron chi connectivity index (χ0n) is 14.4. The highest BCUT2D eigenvalue weighted by molar-refractivity contribution is 7.10. The van der Waals surface area contributed by atoms with Crippen LogP contribution in [0.4, 0.5) is 5.69 Å². The first-order chi connectivity index (χ1) is 12.1. The van der Waals surface area contributed by atoms with Crippen LogP contribution in [0.2, 0.25) is 0 Å². The van der Waals surface area contributed by atoms with Crippen LogP contribution in [0, 0.1) is 5.92 Å². The van der Waals surface area contributed by atoms with Gasteiger partial charge in [-0.1, -0.05) is 18.2 Å². The molecule has 6 heteroatoms. The number of carbonyl (C=O) groups excluding carboxylic acids is 2. The molecule has 2 amide bonds. The first kappa shape index (κ1) is 17.5. The highest BCUT2D eigenvalue weighted by atomic mass is 32.1. The van der Waals surface area contributed by atoms with Crippen molar-refractivity contribution in [2.45, 2.75) is 26.3 Å². The van der Waals surface area contributed by atoms with E-state index in [0.29, 0.717) is 18.9 Å². The van der Waals surface area contributed by atoms with Gasteiger partial charge in [0.05, 0.1) is 24.3 Å². The summed E-state index contributed by atoms with van der Waals surface area (Å²) in [5, 5.41) is 5.01. The predicted octanol–water partition coefficient (Wildman–Crippen LogP) is 3.38. The fourth-order valence-corrected chi connectivity index (χ4v) is 3.75. The third-order valence-electron chi connectivity index (χ3n) is 4.28. The Hall–Kier alpha value is -2.34. The molecule has 0 radical (unpaired) electrons. The fourth-order valence-electron chi connectivity index (χ4n) is 3.01. The zero-order valence-corrected chi connectivity index (χ0v) is 15.2. The summed E-state index contributed by atoms with van der Waals surface area (Å²) in [6.45, 7) is 4.78. The number of rotatable bonds is 6. The molecule has 2 atom stereocenters. The van der Waals surface area contributed by atoms with E-state index < -0.39 is 0 Å². The van der Waals surface area contributed by atoms with Crippen LogP contribution in [0.15, 0.2) is 41.8 Å². The van der Waals surface area contributed by atoms with Gasteiger partial charge in [0, 0.05) is 17.8 Å². The Labute approximate surface area is 151 Å². The van der Waals surface area contributed by atoms with Crippen LogP contribution < -0.4 is 15.0 Å². The van der Waals surface area contributed by atoms with Gasteiger partial charge in [0.25, 0.3) is 0 Å². The van der Waals surface area contributed by atoms with Crippen LogP contribution in [-0.2, 0) is 9.59 Å². The minimum Gasteiger partial charge on any atom is -0.492 e. The van der Waals surface area contributed by atoms with Gasteiger partial charge in [-0.15, -0.1) is 11.3 Å². The molecule has 1 fully saturated rings. The highest BCUT2D eigenvalue weighted by Gasteiger charge is 2.36. The van der Waals surface area contributed by atoms with Crippen molar-refractivity contribution in [3.63, 3.8) is 0 Å². The number of anilines is 1. The van der Waals surface area contributed by atoms with E-state index in [1.165, 1.54) is 0 Å². The molecule has 3 rings (SSSR count). The molecule has 5 nitrogen and oxygen atoms in total. The Balaban J connectivity index is 1.69. The van der Waals surface area contributed by atoms with Crippen molar-refractivity contribution in [3.05, 3.63) is 46.7 Å². The largest absolute Gasteiger partial charge is 0.492 e. The van der Waals surface area contributed by atoms with Gasteiger partial charge in [0.1, 0.15) is 5.75 Å². The molecule has 25 heavy (non-hydrogen) atoms. The van der Waals surface area contributed by atoms with Crippen LogP contribution >= 0.6 is 11.3 Å². The lowest BCUT2D eigenvalue weighted by Crippen LogP contribution is -2.34. The van der Waals surface area contributed by atoms with E-state index >= 15 is 0 Å². The van der Waals surface area contributed by atoms with Crippen molar-refractivity contribution < 1.29 is 14.3 Å². The zero-order chi connectivity index (χ0) is 17.8. The summed E-state index contributed by atoms with van der Waals surface area (Å²) >= 11 is 1.61. The van der Waals surface area contributed by atoms with E-state index in [-0.39, 0.29) is 30.2 Å². The maximum Gasteiger partial charge on any atom is 0.227 e. The van der Waals surface area contributed by atoms with Crippen molar-refractivity contribution in [2.75, 3.05) is 18.1 Å². The molecule has 2 aromatic rings. The second-order valence-electron chi connectivity index (χ2n) is 6.05. The molecule has 0 aliphatic carbocycles. The summed E-state index contributed by atoms with van der Waals surface area (Å²) in [6, 6.07) is 11.4. The standard InChI is InChI=1S/C19H22N2O3S/c1-3-24-16-8-5-4-7-15(16)21-12-14(11-18(21)22)19(23)20-13(2)17-9-6-10-25-17/h4-10,13-14H,3,11-12H2,1-2H3,(H,20,23). The van der Waals surface area contributed by atoms with E-state index in [2.05, 4.69) is 5.32 Å². The van der Waals surface area contributed by atoms with E-state index in [0.717, 1.165) is 10.6 Å². The van der Waals surface area contributed by atoms with E-state index in [4.69, 9.17) is 4.74 Å². The quantitative estimate of drug-likeness (QED) is 0.861. The molecule has 1 aliphatic rings. The summed E-state index contributed by atoms with van der Waals surface area (Å²) in [7, 11) is 0. The minimum atomic E-state index is -0.343. The molecule has 0 bridgehead atoms. The minimum absolute atomic E-state index is 0.0453. The van der Waals surface area contributed by atoms with E-state index in [1.54, 1.807) is 16.2 Å². The normalized spacial score (nSPS) is 18.2. The molecule has 1 aromatic heterocycles. The van der Waals surface area contributed by atoms with Crippen LogP contribution in [0.1, 0.15) is 31.2 Å². The van der Waals surface area contributed by atoms with Crippen LogP contribution in [0.3, 0.4) is 0 Å². The van der Waals surface area contributed by atoms with Crippen molar-refractivity contribution in [2.24, 2.45) is 5.92 Å². The second-order valence-corrected chi connectivity index (χ2v) is 7.03. The molecule has 2 unspecified atom stereocenters. The maximum absolute atomic E-state index is 12.6. The fraction of sp³-hybridized carbons (Fsp3) is 0.368. The van der Waals surface area contributed by atoms with Gasteiger partial charge < -0.3 is 15.0 Å². The van der Waals surface area contributed by atoms with Gasteiger partial charge >= 0.3 is 0 Å². The van der Waals surface area contributed by atoms with Crippen molar-refractivity contribution in [1.29, 1.82) is 0 Å². The molecule has 1 aromatic carbocycles. The molecule has 2 heterocycles. The van der Waals surface area contributed by atoms with Crippen LogP contribution in [0.25, 0.3) is 0 Å². The summed E-state index contributed by atoms with van der Waals surface area (Å²) in [5.74, 6) is 0.206. The molecule has 0 spiro atoms. The molecule has 0 saturated carbocycles. The number of ether oxygens (including phenoxy) is 1. The van der Waals surface area contributed by atoms with Crippen molar-refractivity contribution in [1.82, 2.24) is 5.32 Å². The molecule has 1 aliphatic heterocycles. The topological polar surface area (TPSA) is 58.6 Å². The number of nitrogens with one attached hydrogen (secondary N) is 1. The van der Waals surface area contributed by atoms with E-state index in [1.807, 2.05) is 55.6 Å². The maximum atomic E-state index is 12.6. The first-order valence-corrected chi connectivity index (χ1v) is 9.34. The average Bonchev–Trinajstić information content (AvgIpc) is 3.25. The highest BCUT2D eigenvalue weighted by Crippen LogP contribution is 2.33. The van der Waals surface area contributed by atoms with Crippen molar-refractivity contribution >= 4 is 28.8 Å². The average molecular weight is 358 g/mol. The summed E-state index contributed by atoms with van der Waals surface area (Å²) in [5.41, 5.74) is 0.732. The second kappa shape index (κ2) is 7.70. The van der Waals surface area contributed by atoms with Crippen molar-refractivity contribution in [3.8, 4) is 5.75 Å². The van der Waals surface area contributed by atoms with Gasteiger partial charge in [-0.05, 0) is 37.4 Å². The smallest absolute Gasteiger partial charge is 0.227 e. The third kappa shape index (κ3) is 3.85. The number of thiophene rings is 1. The van der Waals surface area contributed by atoms with E-state index in [9.17, 15) is 9.59 Å². The predicted molar refractivity (Wildman–Crippen MR) is 98.9 cm³/mol. The third-order valence-corrected chi connectivity index (χ3v) is 5.34. The number of benzene rings is 1. The van der Waals surface area contributed by atoms with Gasteiger partial charge in [-0.2, -0.15) is 0 Å². The Bertz CT molecular complexity index is 745. The lowest BCUT2D eigenvalue weighted by atomic mass is 10.1. The van der Waals surface area contributed by atoms with Gasteiger partial charge in [-0.25, -0.2) is 0 Å². The molecular formula is C19H22N2O3S. The Morgan fingerprint density at radius 3 is 2.88 bits per heavy atom. The van der Waals surface area contributed by atoms with Gasteiger partial charge in [0.2, 0.25) is 11.8 Å². The summed E-state index contributed by atoms with van der Waals surface area (Å²) in [6.07, 6.45) is 0.226. The first-order valence-electron chi connectivity index (χ1n) is 8.46. The number of hydrogen-bond donors (Lipinski definition) is 1. The molecule has 132 valence electrons. The van der Waals surface area contributed by atoms with Crippen LogP contribution in [-0.4, -0.2) is 25.0 Å². The molecular weight excluding hydrogens is 336 g/mol. The number of amides is 2. The van der Waals surface area contributed by atoms with Gasteiger partial charge in [-0.3, -0.25) is 9.59 Å². The Morgan fingerprint density at radius 1 is 1.36 bits per heavy atom. The lowest BCUT2D eigenvalue weighted by Gasteiger charge is -2.20. The summed E-state index contributed by atoms with van der Waals surface area (Å²) < 4.78 is 5.61. The van der Waals surface area contributed by atoms with Gasteiger partial charge in [0.15, 0.2) is 0 Å². The number of para-hydroxylation sites is 2. The molecule has 1 N–H and O–H groups in total. The number of carbonyl (C=O) groups is 2. The number of hydrogen-bond acceptors (Lipinski definition) is 4. The Kier molecular flexibility index (Phi) is 5.38. The monoisotopic (exact) mass is 358 g/mol. The SMILES string of the molecule is CCOc1ccccc1N1CC(C(=O)NC(C)c2cccs2)CC1=O. The summed E-state index contributed by atoms with van der Waals surface area (Å²) in [4.78, 5) is 27.8. The lowest BCUT2D eigenvalue weighted by molar-refractivity contribution is -0.126. The number of nitrogens with zero attached hydrogens (tertiary/aromatic N) is 1. The van der Waals surface area contributed by atoms with Crippen LogP contribution in [0.5, 0.6) is 5.75 Å². The Morgan fingerprint density at radius 2 is 2.16 bits per heavy atom.